The summed E-state index contributed by atoms with van der Waals surface area (Å²) in [6.07, 6.45) is 1.20. The van der Waals surface area contributed by atoms with E-state index in [9.17, 15) is 4.79 Å². The van der Waals surface area contributed by atoms with Crippen LogP contribution in [0.15, 0.2) is 35.1 Å². The summed E-state index contributed by atoms with van der Waals surface area (Å²) in [5.41, 5.74) is 1.35. The average molecular weight is 242 g/mol. The van der Waals surface area contributed by atoms with E-state index in [0.29, 0.717) is 17.0 Å². The largest absolute Gasteiger partial charge is 0.461 e. The Morgan fingerprint density at radius 3 is 2.78 bits per heavy atom. The molecule has 0 saturated heterocycles. The second-order valence-electron chi connectivity index (χ2n) is 3.41. The number of carbonyl (C=O) groups is 1. The molecule has 18 heavy (non-hydrogen) atoms. The van der Waals surface area contributed by atoms with Gasteiger partial charge in [0.15, 0.2) is 23.5 Å². The van der Waals surface area contributed by atoms with E-state index in [1.165, 1.54) is 6.39 Å². The van der Waals surface area contributed by atoms with Gasteiger partial charge in [-0.15, -0.1) is 0 Å². The van der Waals surface area contributed by atoms with E-state index in [1.807, 2.05) is 0 Å². The zero-order chi connectivity index (χ0) is 13.0. The molecule has 0 fully saturated rings. The molecule has 0 atom stereocenters. The summed E-state index contributed by atoms with van der Waals surface area (Å²) in [5, 5.41) is 0. The Balaban J connectivity index is 2.36. The van der Waals surface area contributed by atoms with Crippen LogP contribution in [0.25, 0.3) is 16.2 Å². The van der Waals surface area contributed by atoms with Gasteiger partial charge in [0.05, 0.1) is 13.2 Å². The maximum absolute atomic E-state index is 11.6. The second-order valence-corrected chi connectivity index (χ2v) is 3.41. The molecule has 0 radical (unpaired) electrons. The molecule has 1 aromatic heterocycles. The first-order valence-electron chi connectivity index (χ1n) is 5.34. The first kappa shape index (κ1) is 11.9. The molecule has 0 spiro atoms. The number of aromatic nitrogens is 1. The van der Waals surface area contributed by atoms with Crippen molar-refractivity contribution in [1.82, 2.24) is 4.98 Å². The third kappa shape index (κ3) is 2.23. The second kappa shape index (κ2) is 5.15. The Hall–Kier alpha value is -2.61. The van der Waals surface area contributed by atoms with Crippen molar-refractivity contribution in [1.29, 1.82) is 0 Å². The van der Waals surface area contributed by atoms with Crippen molar-refractivity contribution >= 4 is 11.7 Å². The molecule has 90 valence electrons. The van der Waals surface area contributed by atoms with Crippen LogP contribution in [0.3, 0.4) is 0 Å². The molecule has 1 heterocycles. The van der Waals surface area contributed by atoms with Crippen molar-refractivity contribution in [3.05, 3.63) is 47.8 Å². The van der Waals surface area contributed by atoms with Gasteiger partial charge >= 0.3 is 5.97 Å². The van der Waals surface area contributed by atoms with Crippen molar-refractivity contribution in [2.45, 2.75) is 6.92 Å². The van der Waals surface area contributed by atoms with Crippen LogP contribution in [-0.4, -0.2) is 17.6 Å². The zero-order valence-electron chi connectivity index (χ0n) is 9.71. The number of benzene rings is 1. The molecule has 2 rings (SSSR count). The Bertz CT molecular complexity index is 593. The quantitative estimate of drug-likeness (QED) is 0.613. The standard InChI is InChI=1S/C13H10N2O3/c1-3-17-13(16)11-12(18-8-15-11)9-4-6-10(14-2)7-5-9/h4-8H,3H2,1H3. The summed E-state index contributed by atoms with van der Waals surface area (Å²) in [6, 6.07) is 6.72. The van der Waals surface area contributed by atoms with E-state index in [-0.39, 0.29) is 12.3 Å². The van der Waals surface area contributed by atoms with Crippen LogP contribution in [-0.2, 0) is 4.74 Å². The van der Waals surface area contributed by atoms with Crippen LogP contribution in [0.5, 0.6) is 0 Å². The van der Waals surface area contributed by atoms with Crippen molar-refractivity contribution in [3.63, 3.8) is 0 Å². The Morgan fingerprint density at radius 1 is 1.44 bits per heavy atom. The van der Waals surface area contributed by atoms with Crippen LogP contribution in [0, 0.1) is 6.57 Å². The molecule has 0 amide bonds. The van der Waals surface area contributed by atoms with E-state index >= 15 is 0 Å². The molecule has 2 aromatic rings. The lowest BCUT2D eigenvalue weighted by Gasteiger charge is -2.01. The molecular formula is C13H10N2O3. The van der Waals surface area contributed by atoms with Crippen molar-refractivity contribution in [3.8, 4) is 11.3 Å². The van der Waals surface area contributed by atoms with Gasteiger partial charge in [-0.25, -0.2) is 14.6 Å². The molecule has 5 heteroatoms. The van der Waals surface area contributed by atoms with Gasteiger partial charge < -0.3 is 9.15 Å². The summed E-state index contributed by atoms with van der Waals surface area (Å²) >= 11 is 0. The maximum atomic E-state index is 11.6. The number of rotatable bonds is 3. The number of esters is 1. The lowest BCUT2D eigenvalue weighted by atomic mass is 10.1. The van der Waals surface area contributed by atoms with Crippen molar-refractivity contribution in [2.75, 3.05) is 6.61 Å². The number of hydrogen-bond donors (Lipinski definition) is 0. The van der Waals surface area contributed by atoms with Crippen molar-refractivity contribution < 1.29 is 13.9 Å². The van der Waals surface area contributed by atoms with Gasteiger partial charge in [0.1, 0.15) is 0 Å². The molecule has 0 N–H and O–H groups in total. The summed E-state index contributed by atoms with van der Waals surface area (Å²) in [5.74, 6) is -0.166. The van der Waals surface area contributed by atoms with Crippen LogP contribution in [0.1, 0.15) is 17.4 Å². The lowest BCUT2D eigenvalue weighted by molar-refractivity contribution is 0.0520. The highest BCUT2D eigenvalue weighted by Crippen LogP contribution is 2.25. The zero-order valence-corrected chi connectivity index (χ0v) is 9.71. The number of ether oxygens (including phenoxy) is 1. The van der Waals surface area contributed by atoms with Crippen LogP contribution in [0.4, 0.5) is 5.69 Å². The van der Waals surface area contributed by atoms with Gasteiger partial charge in [-0.1, -0.05) is 24.3 Å². The highest BCUT2D eigenvalue weighted by Gasteiger charge is 2.19. The fourth-order valence-electron chi connectivity index (χ4n) is 1.48. The fraction of sp³-hybridized carbons (Fsp3) is 0.154. The first-order chi connectivity index (χ1) is 8.76. The molecule has 0 aliphatic rings. The topological polar surface area (TPSA) is 56.7 Å². The number of hydrogen-bond acceptors (Lipinski definition) is 4. The molecule has 0 unspecified atom stereocenters. The number of nitrogens with zero attached hydrogens (tertiary/aromatic N) is 2. The van der Waals surface area contributed by atoms with Crippen LogP contribution >= 0.6 is 0 Å². The van der Waals surface area contributed by atoms with Crippen LogP contribution < -0.4 is 0 Å². The molecule has 1 aromatic carbocycles. The third-order valence-electron chi connectivity index (χ3n) is 2.29. The molecular weight excluding hydrogens is 232 g/mol. The summed E-state index contributed by atoms with van der Waals surface area (Å²) in [4.78, 5) is 18.8. The maximum Gasteiger partial charge on any atom is 0.360 e. The molecule has 5 nitrogen and oxygen atoms in total. The normalized spacial score (nSPS) is 9.78. The monoisotopic (exact) mass is 242 g/mol. The van der Waals surface area contributed by atoms with Crippen molar-refractivity contribution in [2.24, 2.45) is 0 Å². The van der Waals surface area contributed by atoms with Crippen LogP contribution in [0.2, 0.25) is 0 Å². The molecule has 0 aliphatic carbocycles. The van der Waals surface area contributed by atoms with Gasteiger partial charge in [-0.3, -0.25) is 0 Å². The Morgan fingerprint density at radius 2 is 2.17 bits per heavy atom. The SMILES string of the molecule is [C-]#[N+]c1ccc(-c2ocnc2C(=O)OCC)cc1. The fourth-order valence-corrected chi connectivity index (χ4v) is 1.48. The Kier molecular flexibility index (Phi) is 3.39. The van der Waals surface area contributed by atoms with E-state index in [0.717, 1.165) is 0 Å². The van der Waals surface area contributed by atoms with Gasteiger partial charge in [0.25, 0.3) is 0 Å². The van der Waals surface area contributed by atoms with Gasteiger partial charge in [0, 0.05) is 5.56 Å². The minimum atomic E-state index is -0.518. The summed E-state index contributed by atoms with van der Waals surface area (Å²) in [6.45, 7) is 8.87. The smallest absolute Gasteiger partial charge is 0.360 e. The van der Waals surface area contributed by atoms with E-state index < -0.39 is 5.97 Å². The lowest BCUT2D eigenvalue weighted by Crippen LogP contribution is -2.06. The van der Waals surface area contributed by atoms with Gasteiger partial charge in [-0.2, -0.15) is 0 Å². The van der Waals surface area contributed by atoms with Gasteiger partial charge in [0.2, 0.25) is 0 Å². The highest BCUT2D eigenvalue weighted by molar-refractivity contribution is 5.93. The van der Waals surface area contributed by atoms with E-state index in [2.05, 4.69) is 9.83 Å². The average Bonchev–Trinajstić information content (AvgIpc) is 2.88. The molecule has 0 aliphatic heterocycles. The minimum absolute atomic E-state index is 0.146. The Labute approximate surface area is 104 Å². The first-order valence-corrected chi connectivity index (χ1v) is 5.34. The van der Waals surface area contributed by atoms with E-state index in [4.69, 9.17) is 15.7 Å². The highest BCUT2D eigenvalue weighted by atomic mass is 16.5. The predicted molar refractivity (Wildman–Crippen MR) is 64.2 cm³/mol. The predicted octanol–water partition coefficient (Wildman–Crippen LogP) is 3.07. The summed E-state index contributed by atoms with van der Waals surface area (Å²) < 4.78 is 10.1. The number of carbonyl (C=O) groups excluding carboxylic acids is 1. The number of oxazole rings is 1. The van der Waals surface area contributed by atoms with E-state index in [1.54, 1.807) is 31.2 Å². The molecule has 0 saturated carbocycles. The summed E-state index contributed by atoms with van der Waals surface area (Å²) in [7, 11) is 0. The third-order valence-corrected chi connectivity index (χ3v) is 2.29. The minimum Gasteiger partial charge on any atom is -0.461 e. The van der Waals surface area contributed by atoms with Gasteiger partial charge in [-0.05, 0) is 6.92 Å². The molecule has 0 bridgehead atoms.